The Hall–Kier alpha value is -3.15. The minimum absolute atomic E-state index is 0.0112. The van der Waals surface area contributed by atoms with Crippen LogP contribution in [0.5, 0.6) is 0 Å². The number of benzene rings is 2. The molecule has 0 aromatic heterocycles. The van der Waals surface area contributed by atoms with Gasteiger partial charge in [0.05, 0.1) is 5.92 Å². The number of amides is 3. The Kier molecular flexibility index (Phi) is 6.07. The minimum atomic E-state index is -0.303. The van der Waals surface area contributed by atoms with Gasteiger partial charge in [-0.15, -0.1) is 0 Å². The number of hydrogen-bond donors (Lipinski definition) is 1. The number of nitrogens with zero attached hydrogens (tertiary/aromatic N) is 2. The van der Waals surface area contributed by atoms with Crippen molar-refractivity contribution in [2.24, 2.45) is 5.92 Å². The molecule has 1 N–H and O–H groups in total. The van der Waals surface area contributed by atoms with Crippen molar-refractivity contribution in [3.63, 3.8) is 0 Å². The summed E-state index contributed by atoms with van der Waals surface area (Å²) in [5.74, 6) is -0.315. The number of aryl methyl sites for hydroxylation is 1. The summed E-state index contributed by atoms with van der Waals surface area (Å²) in [6, 6.07) is 15.2. The van der Waals surface area contributed by atoms with Gasteiger partial charge in [-0.1, -0.05) is 30.3 Å². The average Bonchev–Trinajstić information content (AvgIpc) is 3.17. The molecule has 2 aromatic rings. The largest absolute Gasteiger partial charge is 0.349 e. The lowest BCUT2D eigenvalue weighted by atomic mass is 10.0. The SMILES string of the molecule is Cc1cccc(N2C[C@H](C(=O)N3CCC(NC(=O)c4ccccc4)CC3)CC2=O)c1C. The Labute approximate surface area is 183 Å². The molecular formula is C25H29N3O3. The van der Waals surface area contributed by atoms with E-state index in [1.165, 1.54) is 0 Å². The number of likely N-dealkylation sites (tertiary alicyclic amines) is 1. The zero-order valence-electron chi connectivity index (χ0n) is 18.1. The van der Waals surface area contributed by atoms with E-state index in [1.807, 2.05) is 55.1 Å². The molecule has 0 saturated carbocycles. The molecule has 2 saturated heterocycles. The quantitative estimate of drug-likeness (QED) is 0.828. The van der Waals surface area contributed by atoms with Crippen LogP contribution in [0.3, 0.4) is 0 Å². The molecule has 0 radical (unpaired) electrons. The highest BCUT2D eigenvalue weighted by atomic mass is 16.2. The first-order valence-electron chi connectivity index (χ1n) is 11.0. The van der Waals surface area contributed by atoms with Gasteiger partial charge in [0.2, 0.25) is 11.8 Å². The van der Waals surface area contributed by atoms with Crippen LogP contribution in [0.1, 0.15) is 40.7 Å². The number of carbonyl (C=O) groups is 3. The number of carbonyl (C=O) groups excluding carboxylic acids is 3. The lowest BCUT2D eigenvalue weighted by Gasteiger charge is -2.33. The maximum Gasteiger partial charge on any atom is 0.251 e. The molecule has 2 fully saturated rings. The Morgan fingerprint density at radius 1 is 0.968 bits per heavy atom. The van der Waals surface area contributed by atoms with Gasteiger partial charge in [0.15, 0.2) is 0 Å². The number of rotatable bonds is 4. The molecule has 0 bridgehead atoms. The average molecular weight is 420 g/mol. The van der Waals surface area contributed by atoms with E-state index in [1.54, 1.807) is 17.0 Å². The second-order valence-corrected chi connectivity index (χ2v) is 8.56. The lowest BCUT2D eigenvalue weighted by molar-refractivity contribution is -0.136. The standard InChI is InChI=1S/C25H29N3O3/c1-17-7-6-10-22(18(17)2)28-16-20(15-23(28)29)25(31)27-13-11-21(12-14-27)26-24(30)19-8-4-3-5-9-19/h3-10,20-21H,11-16H2,1-2H3,(H,26,30)/t20-/m1/s1. The summed E-state index contributed by atoms with van der Waals surface area (Å²) in [7, 11) is 0. The molecule has 2 heterocycles. The smallest absolute Gasteiger partial charge is 0.251 e. The van der Waals surface area contributed by atoms with Crippen molar-refractivity contribution in [2.75, 3.05) is 24.5 Å². The van der Waals surface area contributed by atoms with E-state index in [2.05, 4.69) is 5.32 Å². The Morgan fingerprint density at radius 2 is 1.68 bits per heavy atom. The summed E-state index contributed by atoms with van der Waals surface area (Å²) in [6.07, 6.45) is 1.72. The van der Waals surface area contributed by atoms with Crippen LogP contribution in [0.15, 0.2) is 48.5 Å². The van der Waals surface area contributed by atoms with Crippen molar-refractivity contribution in [3.05, 3.63) is 65.2 Å². The second kappa shape index (κ2) is 8.92. The maximum atomic E-state index is 13.1. The molecule has 1 atom stereocenters. The van der Waals surface area contributed by atoms with Crippen LogP contribution in [0.25, 0.3) is 0 Å². The highest BCUT2D eigenvalue weighted by Crippen LogP contribution is 2.30. The van der Waals surface area contributed by atoms with Crippen molar-refractivity contribution < 1.29 is 14.4 Å². The fourth-order valence-electron chi connectivity index (χ4n) is 4.49. The van der Waals surface area contributed by atoms with E-state index in [9.17, 15) is 14.4 Å². The first-order valence-corrected chi connectivity index (χ1v) is 11.0. The lowest BCUT2D eigenvalue weighted by Crippen LogP contribution is -2.48. The molecule has 3 amide bonds. The molecule has 0 aliphatic carbocycles. The highest BCUT2D eigenvalue weighted by Gasteiger charge is 2.38. The minimum Gasteiger partial charge on any atom is -0.349 e. The summed E-state index contributed by atoms with van der Waals surface area (Å²) < 4.78 is 0. The molecule has 2 aromatic carbocycles. The fourth-order valence-corrected chi connectivity index (χ4v) is 4.49. The van der Waals surface area contributed by atoms with E-state index in [4.69, 9.17) is 0 Å². The zero-order valence-corrected chi connectivity index (χ0v) is 18.1. The first kappa shape index (κ1) is 21.1. The topological polar surface area (TPSA) is 69.7 Å². The summed E-state index contributed by atoms with van der Waals surface area (Å²) in [4.78, 5) is 41.7. The molecular weight excluding hydrogens is 390 g/mol. The van der Waals surface area contributed by atoms with Crippen LogP contribution < -0.4 is 10.2 Å². The van der Waals surface area contributed by atoms with Gasteiger partial charge in [0, 0.05) is 43.3 Å². The summed E-state index contributed by atoms with van der Waals surface area (Å²) in [6.45, 7) is 5.69. The van der Waals surface area contributed by atoms with Gasteiger partial charge in [-0.2, -0.15) is 0 Å². The summed E-state index contributed by atoms with van der Waals surface area (Å²) >= 11 is 0. The second-order valence-electron chi connectivity index (χ2n) is 8.56. The van der Waals surface area contributed by atoms with Gasteiger partial charge in [-0.05, 0) is 56.0 Å². The summed E-state index contributed by atoms with van der Waals surface area (Å²) in [5, 5.41) is 3.07. The van der Waals surface area contributed by atoms with Gasteiger partial charge in [-0.3, -0.25) is 14.4 Å². The van der Waals surface area contributed by atoms with Gasteiger partial charge in [0.25, 0.3) is 5.91 Å². The van der Waals surface area contributed by atoms with Crippen molar-refractivity contribution in [1.29, 1.82) is 0 Å². The Bertz CT molecular complexity index is 981. The fraction of sp³-hybridized carbons (Fsp3) is 0.400. The van der Waals surface area contributed by atoms with Crippen molar-refractivity contribution >= 4 is 23.4 Å². The van der Waals surface area contributed by atoms with Crippen LogP contribution in [-0.4, -0.2) is 48.3 Å². The normalized spacial score (nSPS) is 19.5. The molecule has 4 rings (SSSR count). The summed E-state index contributed by atoms with van der Waals surface area (Å²) in [5.41, 5.74) is 3.78. The molecule has 31 heavy (non-hydrogen) atoms. The van der Waals surface area contributed by atoms with Crippen LogP contribution in [-0.2, 0) is 9.59 Å². The maximum absolute atomic E-state index is 13.1. The molecule has 0 unspecified atom stereocenters. The molecule has 2 aliphatic heterocycles. The van der Waals surface area contributed by atoms with Crippen LogP contribution in [0.2, 0.25) is 0 Å². The zero-order chi connectivity index (χ0) is 22.0. The van der Waals surface area contributed by atoms with E-state index in [0.717, 1.165) is 29.7 Å². The van der Waals surface area contributed by atoms with E-state index in [-0.39, 0.29) is 36.1 Å². The molecule has 0 spiro atoms. The van der Waals surface area contributed by atoms with Crippen molar-refractivity contribution in [1.82, 2.24) is 10.2 Å². The predicted octanol–water partition coefficient (Wildman–Crippen LogP) is 3.08. The van der Waals surface area contributed by atoms with E-state index < -0.39 is 0 Å². The van der Waals surface area contributed by atoms with Crippen LogP contribution in [0, 0.1) is 19.8 Å². The molecule has 2 aliphatic rings. The third-order valence-electron chi connectivity index (χ3n) is 6.52. The molecule has 6 nitrogen and oxygen atoms in total. The first-order chi connectivity index (χ1) is 14.9. The number of nitrogens with one attached hydrogen (secondary N) is 1. The number of piperidine rings is 1. The van der Waals surface area contributed by atoms with Crippen molar-refractivity contribution in [2.45, 2.75) is 39.2 Å². The third-order valence-corrected chi connectivity index (χ3v) is 6.52. The predicted molar refractivity (Wildman–Crippen MR) is 120 cm³/mol. The van der Waals surface area contributed by atoms with Gasteiger partial charge in [-0.25, -0.2) is 0 Å². The van der Waals surface area contributed by atoms with Gasteiger partial charge < -0.3 is 15.1 Å². The van der Waals surface area contributed by atoms with Crippen LogP contribution >= 0.6 is 0 Å². The third kappa shape index (κ3) is 4.48. The molecule has 6 heteroatoms. The van der Waals surface area contributed by atoms with E-state index in [0.29, 0.717) is 25.2 Å². The molecule has 162 valence electrons. The Balaban J connectivity index is 1.32. The number of anilines is 1. The van der Waals surface area contributed by atoms with Crippen LogP contribution in [0.4, 0.5) is 5.69 Å². The van der Waals surface area contributed by atoms with Crippen molar-refractivity contribution in [3.8, 4) is 0 Å². The van der Waals surface area contributed by atoms with Gasteiger partial charge >= 0.3 is 0 Å². The van der Waals surface area contributed by atoms with E-state index >= 15 is 0 Å². The van der Waals surface area contributed by atoms with Gasteiger partial charge in [0.1, 0.15) is 0 Å². The Morgan fingerprint density at radius 3 is 2.39 bits per heavy atom. The number of hydrogen-bond acceptors (Lipinski definition) is 3. The monoisotopic (exact) mass is 419 g/mol. The highest BCUT2D eigenvalue weighted by molar-refractivity contribution is 6.01.